The first-order valence-corrected chi connectivity index (χ1v) is 6.86. The van der Waals surface area contributed by atoms with Crippen LogP contribution in [0.2, 0.25) is 0 Å². The highest BCUT2D eigenvalue weighted by molar-refractivity contribution is 8.00. The van der Waals surface area contributed by atoms with Crippen molar-refractivity contribution in [2.24, 2.45) is 0 Å². The summed E-state index contributed by atoms with van der Waals surface area (Å²) in [5.74, 6) is 0. The van der Waals surface area contributed by atoms with E-state index in [1.54, 1.807) is 0 Å². The maximum atomic E-state index is 3.80. The van der Waals surface area contributed by atoms with E-state index in [9.17, 15) is 0 Å². The van der Waals surface area contributed by atoms with Crippen molar-refractivity contribution in [2.75, 3.05) is 12.8 Å². The molecule has 0 saturated heterocycles. The Kier molecular flexibility index (Phi) is 5.04. The summed E-state index contributed by atoms with van der Waals surface area (Å²) in [6.45, 7) is 7.11. The Morgan fingerprint density at radius 1 is 1.43 bits per heavy atom. The second kappa shape index (κ2) is 5.82. The molecule has 0 aliphatic heterocycles. The summed E-state index contributed by atoms with van der Waals surface area (Å²) in [4.78, 5) is 0. The smallest absolute Gasteiger partial charge is 0.0281 e. The third kappa shape index (κ3) is 3.32. The summed E-state index contributed by atoms with van der Waals surface area (Å²) in [6, 6.07) is 0.445. The summed E-state index contributed by atoms with van der Waals surface area (Å²) in [5.41, 5.74) is 0. The van der Waals surface area contributed by atoms with Gasteiger partial charge in [-0.25, -0.2) is 0 Å². The molecule has 1 unspecified atom stereocenters. The third-order valence-corrected chi connectivity index (χ3v) is 4.72. The van der Waals surface area contributed by atoms with Gasteiger partial charge in [0.2, 0.25) is 0 Å². The van der Waals surface area contributed by atoms with Crippen LogP contribution in [-0.2, 0) is 0 Å². The zero-order valence-corrected chi connectivity index (χ0v) is 10.3. The monoisotopic (exact) mass is 213 g/mol. The average molecular weight is 213 g/mol. The normalized spacial score (nSPS) is 23.0. The van der Waals surface area contributed by atoms with Crippen LogP contribution >= 0.6 is 11.8 Å². The maximum Gasteiger partial charge on any atom is 0.0281 e. The lowest BCUT2D eigenvalue weighted by Gasteiger charge is -2.36. The summed E-state index contributed by atoms with van der Waals surface area (Å²) in [7, 11) is 0. The lowest BCUT2D eigenvalue weighted by molar-refractivity contribution is 0.374. The van der Waals surface area contributed by atoms with E-state index in [2.05, 4.69) is 25.1 Å². The van der Waals surface area contributed by atoms with Crippen LogP contribution in [0.4, 0.5) is 0 Å². The highest BCUT2D eigenvalue weighted by Crippen LogP contribution is 2.37. The molecule has 0 aromatic heterocycles. The largest absolute Gasteiger partial charge is 0.309 e. The number of hydrogen-bond donors (Lipinski definition) is 1. The van der Waals surface area contributed by atoms with Gasteiger partial charge in [0.05, 0.1) is 0 Å². The van der Waals surface area contributed by atoms with E-state index in [1.807, 2.05) is 17.8 Å². The molecule has 0 radical (unpaired) electrons. The van der Waals surface area contributed by atoms with Crippen LogP contribution in [0.3, 0.4) is 0 Å². The van der Waals surface area contributed by atoms with Gasteiger partial charge in [-0.1, -0.05) is 25.3 Å². The van der Waals surface area contributed by atoms with Gasteiger partial charge in [0.15, 0.2) is 0 Å². The molecule has 1 atom stereocenters. The minimum Gasteiger partial charge on any atom is -0.309 e. The van der Waals surface area contributed by atoms with Crippen LogP contribution in [0.1, 0.15) is 39.0 Å². The molecule has 0 amide bonds. The van der Waals surface area contributed by atoms with E-state index in [0.29, 0.717) is 10.8 Å². The van der Waals surface area contributed by atoms with Crippen molar-refractivity contribution in [3.63, 3.8) is 0 Å². The molecule has 1 saturated carbocycles. The molecule has 1 rings (SSSR count). The molecule has 82 valence electrons. The van der Waals surface area contributed by atoms with E-state index in [1.165, 1.54) is 32.1 Å². The van der Waals surface area contributed by atoms with Crippen molar-refractivity contribution >= 4 is 11.8 Å². The fourth-order valence-electron chi connectivity index (χ4n) is 2.08. The Morgan fingerprint density at radius 3 is 2.57 bits per heavy atom. The maximum absolute atomic E-state index is 3.80. The van der Waals surface area contributed by atoms with Gasteiger partial charge in [-0.3, -0.25) is 0 Å². The molecule has 0 heterocycles. The Labute approximate surface area is 92.7 Å². The second-order valence-electron chi connectivity index (χ2n) is 4.35. The summed E-state index contributed by atoms with van der Waals surface area (Å²) < 4.78 is 0.509. The molecule has 1 fully saturated rings. The van der Waals surface area contributed by atoms with Crippen LogP contribution in [0.5, 0.6) is 0 Å². The van der Waals surface area contributed by atoms with Gasteiger partial charge in [-0.05, 0) is 26.0 Å². The van der Waals surface area contributed by atoms with Gasteiger partial charge in [-0.15, -0.1) is 6.58 Å². The van der Waals surface area contributed by atoms with E-state index in [-0.39, 0.29) is 0 Å². The fourth-order valence-corrected chi connectivity index (χ4v) is 3.00. The third-order valence-electron chi connectivity index (χ3n) is 3.30. The quantitative estimate of drug-likeness (QED) is 0.704. The van der Waals surface area contributed by atoms with Crippen molar-refractivity contribution < 1.29 is 0 Å². The van der Waals surface area contributed by atoms with Gasteiger partial charge >= 0.3 is 0 Å². The van der Waals surface area contributed by atoms with Crippen molar-refractivity contribution in [1.29, 1.82) is 0 Å². The van der Waals surface area contributed by atoms with Gasteiger partial charge in [-0.2, -0.15) is 11.8 Å². The average Bonchev–Trinajstić information content (AvgIpc) is 2.27. The SMILES string of the molecule is C=CC(C)NCC1(SC)CCCCC1. The molecular weight excluding hydrogens is 190 g/mol. The molecule has 1 aliphatic rings. The molecule has 0 bridgehead atoms. The molecule has 1 aliphatic carbocycles. The fraction of sp³-hybridized carbons (Fsp3) is 0.833. The van der Waals surface area contributed by atoms with Crippen LogP contribution in [0.25, 0.3) is 0 Å². The van der Waals surface area contributed by atoms with E-state index >= 15 is 0 Å². The molecule has 14 heavy (non-hydrogen) atoms. The second-order valence-corrected chi connectivity index (χ2v) is 5.63. The molecular formula is C12H23NS. The minimum atomic E-state index is 0.445. The standard InChI is InChI=1S/C12H23NS/c1-4-11(2)13-10-12(14-3)8-6-5-7-9-12/h4,11,13H,1,5-10H2,2-3H3. The Morgan fingerprint density at radius 2 is 2.07 bits per heavy atom. The summed E-state index contributed by atoms with van der Waals surface area (Å²) in [5, 5.41) is 3.55. The van der Waals surface area contributed by atoms with E-state index < -0.39 is 0 Å². The first kappa shape index (κ1) is 12.1. The Bertz CT molecular complexity index is 173. The molecule has 1 N–H and O–H groups in total. The summed E-state index contributed by atoms with van der Waals surface area (Å²) >= 11 is 2.05. The van der Waals surface area contributed by atoms with Crippen molar-refractivity contribution in [3.8, 4) is 0 Å². The predicted octanol–water partition coefficient (Wildman–Crippen LogP) is 3.22. The van der Waals surface area contributed by atoms with Crippen LogP contribution < -0.4 is 5.32 Å². The van der Waals surface area contributed by atoms with E-state index in [0.717, 1.165) is 6.54 Å². The number of thioether (sulfide) groups is 1. The van der Waals surface area contributed by atoms with Crippen LogP contribution in [-0.4, -0.2) is 23.6 Å². The first-order chi connectivity index (χ1) is 6.72. The molecule has 0 spiro atoms. The van der Waals surface area contributed by atoms with Gasteiger partial charge in [0.25, 0.3) is 0 Å². The molecule has 2 heteroatoms. The molecule has 0 aromatic rings. The van der Waals surface area contributed by atoms with Crippen molar-refractivity contribution in [1.82, 2.24) is 5.32 Å². The van der Waals surface area contributed by atoms with Gasteiger partial charge in [0.1, 0.15) is 0 Å². The zero-order chi connectivity index (χ0) is 10.4. The van der Waals surface area contributed by atoms with Crippen molar-refractivity contribution in [3.05, 3.63) is 12.7 Å². The minimum absolute atomic E-state index is 0.445. The van der Waals surface area contributed by atoms with E-state index in [4.69, 9.17) is 0 Å². The topological polar surface area (TPSA) is 12.0 Å². The molecule has 1 nitrogen and oxygen atoms in total. The van der Waals surface area contributed by atoms with Gasteiger partial charge in [0, 0.05) is 17.3 Å². The lowest BCUT2D eigenvalue weighted by atomic mass is 9.88. The highest BCUT2D eigenvalue weighted by atomic mass is 32.2. The van der Waals surface area contributed by atoms with Gasteiger partial charge < -0.3 is 5.32 Å². The number of hydrogen-bond acceptors (Lipinski definition) is 2. The number of rotatable bonds is 5. The van der Waals surface area contributed by atoms with Crippen LogP contribution in [0.15, 0.2) is 12.7 Å². The number of nitrogens with one attached hydrogen (secondary N) is 1. The van der Waals surface area contributed by atoms with Crippen molar-refractivity contribution in [2.45, 2.75) is 49.8 Å². The predicted molar refractivity (Wildman–Crippen MR) is 67.0 cm³/mol. The first-order valence-electron chi connectivity index (χ1n) is 5.63. The van der Waals surface area contributed by atoms with Crippen LogP contribution in [0, 0.1) is 0 Å². The Balaban J connectivity index is 2.39. The summed E-state index contributed by atoms with van der Waals surface area (Å²) in [6.07, 6.45) is 11.2. The molecule has 0 aromatic carbocycles. The lowest BCUT2D eigenvalue weighted by Crippen LogP contribution is -2.42. The Hall–Kier alpha value is 0.0500. The zero-order valence-electron chi connectivity index (χ0n) is 9.51. The highest BCUT2D eigenvalue weighted by Gasteiger charge is 2.30.